The van der Waals surface area contributed by atoms with Gasteiger partial charge in [0.05, 0.1) is 0 Å². The van der Waals surface area contributed by atoms with Gasteiger partial charge in [-0.2, -0.15) is 26.3 Å². The molecule has 1 unspecified atom stereocenters. The predicted octanol–water partition coefficient (Wildman–Crippen LogP) is 7.12. The first-order valence-electron chi connectivity index (χ1n) is 9.22. The molecule has 1 N–H and O–H groups in total. The molecule has 0 saturated carbocycles. The zero-order valence-electron chi connectivity index (χ0n) is 16.6. The van der Waals surface area contributed by atoms with Crippen LogP contribution in [0, 0.1) is 0 Å². The number of Topliss-reactive ketones (excluding diaryl/α,β-unsaturated/α-hetero) is 1. The van der Waals surface area contributed by atoms with Crippen molar-refractivity contribution in [3.63, 3.8) is 0 Å². The first kappa shape index (κ1) is 25.7. The summed E-state index contributed by atoms with van der Waals surface area (Å²) in [5.41, 5.74) is -0.625. The Balaban J connectivity index is 0.000000191. The fourth-order valence-corrected chi connectivity index (χ4v) is 3.24. The number of carbonyl (C=O) groups is 1. The summed E-state index contributed by atoms with van der Waals surface area (Å²) in [5, 5.41) is 11.7. The fourth-order valence-electron chi connectivity index (χ4n) is 2.91. The number of carbonyl (C=O) groups excluding carboxylic acids is 1. The normalized spacial score (nSPS) is 12.9. The van der Waals surface area contributed by atoms with Crippen molar-refractivity contribution in [1.82, 2.24) is 9.97 Å². The third-order valence-electron chi connectivity index (χ3n) is 4.55. The molecule has 0 aliphatic heterocycles. The second kappa shape index (κ2) is 9.73. The maximum atomic E-state index is 12.3. The highest BCUT2D eigenvalue weighted by molar-refractivity contribution is 6.30. The number of rotatable bonds is 2. The maximum absolute atomic E-state index is 12.3. The zero-order chi connectivity index (χ0) is 25.3. The fraction of sp³-hybridized carbons (Fsp3) is 0.136. The molecule has 0 saturated heterocycles. The van der Waals surface area contributed by atoms with E-state index in [0.29, 0.717) is 21.5 Å². The largest absolute Gasteiger partial charge is 0.454 e. The smallest absolute Gasteiger partial charge is 0.379 e. The van der Waals surface area contributed by atoms with Crippen molar-refractivity contribution in [2.24, 2.45) is 0 Å². The van der Waals surface area contributed by atoms with Gasteiger partial charge in [0.25, 0.3) is 5.78 Å². The zero-order valence-corrected chi connectivity index (χ0v) is 18.1. The summed E-state index contributed by atoms with van der Waals surface area (Å²) in [4.78, 5) is 18.6. The van der Waals surface area contributed by atoms with Crippen molar-refractivity contribution in [2.45, 2.75) is 18.5 Å². The summed E-state index contributed by atoms with van der Waals surface area (Å²) in [5.74, 6) is -1.87. The summed E-state index contributed by atoms with van der Waals surface area (Å²) in [6.45, 7) is 0. The molecule has 34 heavy (non-hydrogen) atoms. The Labute approximate surface area is 197 Å². The van der Waals surface area contributed by atoms with Gasteiger partial charge in [0.15, 0.2) is 6.10 Å². The van der Waals surface area contributed by atoms with Gasteiger partial charge in [0.2, 0.25) is 0 Å². The van der Waals surface area contributed by atoms with Gasteiger partial charge in [-0.1, -0.05) is 47.5 Å². The molecule has 2 aromatic carbocycles. The highest BCUT2D eigenvalue weighted by atomic mass is 35.5. The van der Waals surface area contributed by atoms with Gasteiger partial charge in [-0.05, 0) is 40.6 Å². The lowest BCUT2D eigenvalue weighted by Crippen LogP contribution is -2.22. The van der Waals surface area contributed by atoms with Crippen molar-refractivity contribution < 1.29 is 36.2 Å². The van der Waals surface area contributed by atoms with Crippen LogP contribution in [0.5, 0.6) is 0 Å². The molecule has 1 atom stereocenters. The number of alkyl halides is 6. The lowest BCUT2D eigenvalue weighted by Gasteiger charge is -2.15. The van der Waals surface area contributed by atoms with Crippen LogP contribution in [-0.4, -0.2) is 33.2 Å². The minimum Gasteiger partial charge on any atom is -0.379 e. The monoisotopic (exact) mass is 520 g/mol. The average Bonchev–Trinajstić information content (AvgIpc) is 2.76. The van der Waals surface area contributed by atoms with Crippen molar-refractivity contribution in [3.8, 4) is 0 Å². The standard InChI is InChI=1S/C11H7ClF3NO.C11H5ClF3NO/c2*12-9-4-8-3-6(10(17)11(13,14)15)1-2-7(8)5-16-9/h1-5,10,17H;1-5H. The molecule has 2 aromatic heterocycles. The molecule has 0 fully saturated rings. The van der Waals surface area contributed by atoms with Crippen molar-refractivity contribution in [2.75, 3.05) is 0 Å². The van der Waals surface area contributed by atoms with E-state index in [9.17, 15) is 31.1 Å². The molecular formula is C22H12Cl2F6N2O2. The number of halogens is 8. The maximum Gasteiger partial charge on any atom is 0.454 e. The molecule has 4 aromatic rings. The van der Waals surface area contributed by atoms with Crippen molar-refractivity contribution >= 4 is 50.5 Å². The van der Waals surface area contributed by atoms with E-state index in [4.69, 9.17) is 28.3 Å². The number of benzene rings is 2. The van der Waals surface area contributed by atoms with Gasteiger partial charge in [0.1, 0.15) is 10.3 Å². The SMILES string of the molecule is O=C(c1ccc2cnc(Cl)cc2c1)C(F)(F)F.OC(c1ccc2cnc(Cl)cc2c1)C(F)(F)F. The molecule has 0 aliphatic carbocycles. The highest BCUT2D eigenvalue weighted by Crippen LogP contribution is 2.33. The van der Waals surface area contributed by atoms with Crippen LogP contribution in [0.4, 0.5) is 26.3 Å². The average molecular weight is 521 g/mol. The van der Waals surface area contributed by atoms with Crippen LogP contribution < -0.4 is 0 Å². The number of aromatic nitrogens is 2. The number of pyridine rings is 2. The van der Waals surface area contributed by atoms with Gasteiger partial charge in [-0.3, -0.25) is 4.79 Å². The Morgan fingerprint density at radius 2 is 1.26 bits per heavy atom. The summed E-state index contributed by atoms with van der Waals surface area (Å²) >= 11 is 11.3. The third-order valence-corrected chi connectivity index (χ3v) is 4.96. The molecule has 0 bridgehead atoms. The van der Waals surface area contributed by atoms with Crippen LogP contribution in [-0.2, 0) is 0 Å². The minimum atomic E-state index is -4.87. The van der Waals surface area contributed by atoms with Crippen LogP contribution >= 0.6 is 23.2 Å². The van der Waals surface area contributed by atoms with Gasteiger partial charge >= 0.3 is 12.4 Å². The number of hydrogen-bond acceptors (Lipinski definition) is 4. The first-order chi connectivity index (χ1) is 15.8. The molecule has 4 rings (SSSR count). The molecule has 12 heteroatoms. The summed E-state index contributed by atoms with van der Waals surface area (Å²) in [7, 11) is 0. The quantitative estimate of drug-likeness (QED) is 0.173. The van der Waals surface area contributed by atoms with E-state index < -0.39 is 29.8 Å². The van der Waals surface area contributed by atoms with Crippen LogP contribution in [0.2, 0.25) is 10.3 Å². The Morgan fingerprint density at radius 3 is 1.76 bits per heavy atom. The number of hydrogen-bond donors (Lipinski definition) is 1. The van der Waals surface area contributed by atoms with Crippen molar-refractivity contribution in [3.05, 3.63) is 82.4 Å². The molecule has 0 amide bonds. The molecule has 0 aliphatic rings. The topological polar surface area (TPSA) is 63.1 Å². The van der Waals surface area contributed by atoms with Gasteiger partial charge in [0, 0.05) is 28.7 Å². The van der Waals surface area contributed by atoms with E-state index in [1.165, 1.54) is 48.8 Å². The summed E-state index contributed by atoms with van der Waals surface area (Å²) in [6.07, 6.45) is -9.14. The molecular weight excluding hydrogens is 509 g/mol. The summed E-state index contributed by atoms with van der Waals surface area (Å²) < 4.78 is 73.7. The first-order valence-corrected chi connectivity index (χ1v) is 9.98. The Bertz CT molecular complexity index is 1360. The number of aliphatic hydroxyl groups excluding tert-OH is 1. The van der Waals surface area contributed by atoms with Gasteiger partial charge < -0.3 is 5.11 Å². The van der Waals surface area contributed by atoms with Crippen LogP contribution in [0.25, 0.3) is 21.5 Å². The Morgan fingerprint density at radius 1 is 0.765 bits per heavy atom. The number of ketones is 1. The van der Waals surface area contributed by atoms with E-state index in [0.717, 1.165) is 12.1 Å². The molecule has 4 nitrogen and oxygen atoms in total. The summed E-state index contributed by atoms with van der Waals surface area (Å²) in [6, 6.07) is 10.5. The Hall–Kier alpha value is -2.95. The van der Waals surface area contributed by atoms with E-state index >= 15 is 0 Å². The van der Waals surface area contributed by atoms with Gasteiger partial charge in [-0.25, -0.2) is 9.97 Å². The third kappa shape index (κ3) is 6.13. The minimum absolute atomic E-state index is 0.161. The van der Waals surface area contributed by atoms with E-state index in [1.807, 2.05) is 0 Å². The molecule has 0 spiro atoms. The van der Waals surface area contributed by atoms with E-state index in [-0.39, 0.29) is 15.9 Å². The lowest BCUT2D eigenvalue weighted by molar-refractivity contribution is -0.206. The number of fused-ring (bicyclic) bond motifs is 2. The van der Waals surface area contributed by atoms with Crippen molar-refractivity contribution in [1.29, 1.82) is 0 Å². The van der Waals surface area contributed by atoms with Crippen LogP contribution in [0.15, 0.2) is 60.9 Å². The second-order valence-corrected chi connectivity index (χ2v) is 7.73. The predicted molar refractivity (Wildman–Crippen MR) is 115 cm³/mol. The van der Waals surface area contributed by atoms with Gasteiger partial charge in [-0.15, -0.1) is 0 Å². The Kier molecular flexibility index (Phi) is 7.35. The highest BCUT2D eigenvalue weighted by Gasteiger charge is 2.40. The van der Waals surface area contributed by atoms with Crippen LogP contribution in [0.3, 0.4) is 0 Å². The molecule has 2 heterocycles. The van der Waals surface area contributed by atoms with E-state index in [2.05, 4.69) is 9.97 Å². The number of aliphatic hydroxyl groups is 1. The molecule has 178 valence electrons. The second-order valence-electron chi connectivity index (χ2n) is 6.95. The lowest BCUT2D eigenvalue weighted by atomic mass is 10.0. The van der Waals surface area contributed by atoms with Crippen LogP contribution in [0.1, 0.15) is 22.0 Å². The number of nitrogens with zero attached hydrogens (tertiary/aromatic N) is 2. The molecule has 0 radical (unpaired) electrons. The van der Waals surface area contributed by atoms with E-state index in [1.54, 1.807) is 0 Å².